The van der Waals surface area contributed by atoms with Gasteiger partial charge in [-0.3, -0.25) is 4.79 Å². The molecule has 21 heavy (non-hydrogen) atoms. The Labute approximate surface area is 135 Å². The molecule has 2 rings (SSSR count). The number of nitrogens with zero attached hydrogens (tertiary/aromatic N) is 1. The molecule has 0 aliphatic carbocycles. The molecule has 0 saturated carbocycles. The van der Waals surface area contributed by atoms with Crippen LogP contribution in [0.5, 0.6) is 0 Å². The van der Waals surface area contributed by atoms with Gasteiger partial charge in [-0.2, -0.15) is 4.72 Å². The number of thiophene rings is 1. The van der Waals surface area contributed by atoms with Crippen LogP contribution in [0.2, 0.25) is 0 Å². The van der Waals surface area contributed by atoms with Crippen LogP contribution in [0.25, 0.3) is 0 Å². The topological polar surface area (TPSA) is 78.5 Å². The Morgan fingerprint density at radius 2 is 2.19 bits per heavy atom. The van der Waals surface area contributed by atoms with E-state index in [1.807, 2.05) is 0 Å². The van der Waals surface area contributed by atoms with Crippen molar-refractivity contribution in [3.63, 3.8) is 0 Å². The summed E-state index contributed by atoms with van der Waals surface area (Å²) in [6.45, 7) is 4.50. The maximum Gasteiger partial charge on any atom is 0.250 e. The van der Waals surface area contributed by atoms with E-state index in [-0.39, 0.29) is 22.5 Å². The van der Waals surface area contributed by atoms with Crippen molar-refractivity contribution in [3.05, 3.63) is 17.5 Å². The summed E-state index contributed by atoms with van der Waals surface area (Å²) in [5, 5.41) is 4.91. The maximum absolute atomic E-state index is 12.3. The Kier molecular flexibility index (Phi) is 7.08. The summed E-state index contributed by atoms with van der Waals surface area (Å²) in [5.41, 5.74) is 0. The van der Waals surface area contributed by atoms with E-state index in [2.05, 4.69) is 10.0 Å². The molecule has 1 aliphatic heterocycles. The highest BCUT2D eigenvalue weighted by Crippen LogP contribution is 2.16. The Hall–Kier alpha value is -0.670. The van der Waals surface area contributed by atoms with Crippen LogP contribution in [0.3, 0.4) is 0 Å². The van der Waals surface area contributed by atoms with E-state index in [0.717, 1.165) is 30.8 Å². The van der Waals surface area contributed by atoms with E-state index < -0.39 is 16.1 Å². The molecule has 1 saturated heterocycles. The van der Waals surface area contributed by atoms with Crippen molar-refractivity contribution in [2.24, 2.45) is 0 Å². The van der Waals surface area contributed by atoms with E-state index in [1.54, 1.807) is 23.3 Å². The monoisotopic (exact) mass is 353 g/mol. The first kappa shape index (κ1) is 18.4. The normalized spacial score (nSPS) is 17.7. The van der Waals surface area contributed by atoms with Crippen molar-refractivity contribution < 1.29 is 13.2 Å². The molecule has 1 atom stereocenters. The Balaban J connectivity index is 0.00000220. The van der Waals surface area contributed by atoms with Crippen molar-refractivity contribution >= 4 is 39.7 Å². The number of hydrogen-bond acceptors (Lipinski definition) is 5. The first-order valence-corrected chi connectivity index (χ1v) is 8.92. The van der Waals surface area contributed by atoms with Crippen molar-refractivity contribution in [3.8, 4) is 0 Å². The molecular formula is C12H20ClN3O3S2. The molecule has 1 aromatic rings. The fourth-order valence-electron chi connectivity index (χ4n) is 2.10. The number of halogens is 1. The van der Waals surface area contributed by atoms with Crippen LogP contribution < -0.4 is 10.0 Å². The largest absolute Gasteiger partial charge is 0.340 e. The lowest BCUT2D eigenvalue weighted by molar-refractivity contribution is -0.132. The average Bonchev–Trinajstić information content (AvgIpc) is 2.82. The van der Waals surface area contributed by atoms with Gasteiger partial charge in [-0.15, -0.1) is 23.7 Å². The van der Waals surface area contributed by atoms with Gasteiger partial charge in [0, 0.05) is 19.6 Å². The second kappa shape index (κ2) is 8.09. The first-order valence-electron chi connectivity index (χ1n) is 6.56. The highest BCUT2D eigenvalue weighted by Gasteiger charge is 2.26. The van der Waals surface area contributed by atoms with Gasteiger partial charge < -0.3 is 10.2 Å². The van der Waals surface area contributed by atoms with Crippen molar-refractivity contribution in [1.82, 2.24) is 14.9 Å². The van der Waals surface area contributed by atoms with E-state index >= 15 is 0 Å². The average molecular weight is 354 g/mol. The van der Waals surface area contributed by atoms with Crippen molar-refractivity contribution in [1.29, 1.82) is 0 Å². The van der Waals surface area contributed by atoms with Crippen LogP contribution in [0.1, 0.15) is 13.3 Å². The smallest absolute Gasteiger partial charge is 0.250 e. The van der Waals surface area contributed by atoms with Gasteiger partial charge in [0.1, 0.15) is 4.21 Å². The molecule has 2 heterocycles. The molecule has 0 spiro atoms. The van der Waals surface area contributed by atoms with Crippen LogP contribution in [0.4, 0.5) is 0 Å². The lowest BCUT2D eigenvalue weighted by Crippen LogP contribution is -2.47. The molecule has 1 fully saturated rings. The molecule has 0 aromatic carbocycles. The van der Waals surface area contributed by atoms with Gasteiger partial charge in [0.2, 0.25) is 5.91 Å². The lowest BCUT2D eigenvalue weighted by Gasteiger charge is -2.24. The van der Waals surface area contributed by atoms with E-state index in [0.29, 0.717) is 13.1 Å². The summed E-state index contributed by atoms with van der Waals surface area (Å²) in [6.07, 6.45) is 0.885. The zero-order valence-corrected chi connectivity index (χ0v) is 14.2. The summed E-state index contributed by atoms with van der Waals surface area (Å²) < 4.78 is 26.8. The number of carbonyl (C=O) groups is 1. The van der Waals surface area contributed by atoms with Crippen LogP contribution in [-0.4, -0.2) is 51.4 Å². The van der Waals surface area contributed by atoms with Gasteiger partial charge in [0.25, 0.3) is 10.0 Å². The summed E-state index contributed by atoms with van der Waals surface area (Å²) in [4.78, 5) is 14.0. The third-order valence-electron chi connectivity index (χ3n) is 3.11. The summed E-state index contributed by atoms with van der Waals surface area (Å²) in [5.74, 6) is -0.172. The molecule has 1 unspecified atom stereocenters. The third kappa shape index (κ3) is 4.93. The van der Waals surface area contributed by atoms with Crippen LogP contribution in [0.15, 0.2) is 21.7 Å². The molecule has 1 aromatic heterocycles. The molecule has 1 aliphatic rings. The van der Waals surface area contributed by atoms with Gasteiger partial charge in [-0.25, -0.2) is 8.42 Å². The number of sulfonamides is 1. The second-order valence-electron chi connectivity index (χ2n) is 4.70. The Bertz CT molecular complexity index is 540. The molecule has 6 nitrogen and oxygen atoms in total. The van der Waals surface area contributed by atoms with Gasteiger partial charge in [-0.05, 0) is 31.3 Å². The molecule has 120 valence electrons. The number of nitrogens with one attached hydrogen (secondary N) is 2. The summed E-state index contributed by atoms with van der Waals surface area (Å²) in [7, 11) is -3.60. The highest BCUT2D eigenvalue weighted by atomic mass is 35.5. The highest BCUT2D eigenvalue weighted by molar-refractivity contribution is 7.91. The SMILES string of the molecule is CC(NS(=O)(=O)c1cccs1)C(=O)N1CCCNCC1.Cl. The van der Waals surface area contributed by atoms with Crippen LogP contribution >= 0.6 is 23.7 Å². The number of hydrogen-bond donors (Lipinski definition) is 2. The summed E-state index contributed by atoms with van der Waals surface area (Å²) in [6, 6.07) is 2.45. The number of amides is 1. The molecule has 2 N–H and O–H groups in total. The predicted octanol–water partition coefficient (Wildman–Crippen LogP) is 0.659. The molecule has 0 radical (unpaired) electrons. The first-order chi connectivity index (χ1) is 9.50. The Morgan fingerprint density at radius 3 is 2.86 bits per heavy atom. The minimum absolute atomic E-state index is 0. The standard InChI is InChI=1S/C12H19N3O3S2.ClH/c1-10(12(16)15-7-3-5-13-6-8-15)14-20(17,18)11-4-2-9-19-11;/h2,4,9-10,13-14H,3,5-8H2,1H3;1H. The predicted molar refractivity (Wildman–Crippen MR) is 85.4 cm³/mol. The molecular weight excluding hydrogens is 334 g/mol. The minimum atomic E-state index is -3.60. The molecule has 1 amide bonds. The maximum atomic E-state index is 12.3. The third-order valence-corrected chi connectivity index (χ3v) is 6.05. The Morgan fingerprint density at radius 1 is 1.43 bits per heavy atom. The van der Waals surface area contributed by atoms with Crippen molar-refractivity contribution in [2.75, 3.05) is 26.2 Å². The fourth-order valence-corrected chi connectivity index (χ4v) is 4.30. The van der Waals surface area contributed by atoms with Gasteiger partial charge >= 0.3 is 0 Å². The second-order valence-corrected chi connectivity index (χ2v) is 7.59. The zero-order valence-electron chi connectivity index (χ0n) is 11.7. The lowest BCUT2D eigenvalue weighted by atomic mass is 10.3. The van der Waals surface area contributed by atoms with Crippen molar-refractivity contribution in [2.45, 2.75) is 23.6 Å². The van der Waals surface area contributed by atoms with E-state index in [1.165, 1.54) is 6.07 Å². The molecule has 9 heteroatoms. The van der Waals surface area contributed by atoms with E-state index in [9.17, 15) is 13.2 Å². The van der Waals surface area contributed by atoms with Gasteiger partial charge in [0.15, 0.2) is 0 Å². The van der Waals surface area contributed by atoms with Gasteiger partial charge in [0.05, 0.1) is 6.04 Å². The number of rotatable bonds is 4. The summed E-state index contributed by atoms with van der Waals surface area (Å²) >= 11 is 1.14. The fraction of sp³-hybridized carbons (Fsp3) is 0.583. The van der Waals surface area contributed by atoms with Crippen LogP contribution in [0, 0.1) is 0 Å². The molecule has 0 bridgehead atoms. The number of carbonyl (C=O) groups excluding carboxylic acids is 1. The van der Waals surface area contributed by atoms with Crippen LogP contribution in [-0.2, 0) is 14.8 Å². The van der Waals surface area contributed by atoms with Gasteiger partial charge in [-0.1, -0.05) is 6.07 Å². The quantitative estimate of drug-likeness (QED) is 0.833. The zero-order chi connectivity index (χ0) is 14.6. The minimum Gasteiger partial charge on any atom is -0.340 e. The van der Waals surface area contributed by atoms with E-state index in [4.69, 9.17) is 0 Å².